The molecule has 2 N–H and O–H groups in total. The van der Waals surface area contributed by atoms with E-state index in [-0.39, 0.29) is 36.5 Å². The average Bonchev–Trinajstić information content (AvgIpc) is 3.65. The molecule has 5 rings (SSSR count). The van der Waals surface area contributed by atoms with Crippen molar-refractivity contribution in [2.45, 2.75) is 50.4 Å². The lowest BCUT2D eigenvalue weighted by molar-refractivity contribution is -0.116. The molecule has 1 aliphatic carbocycles. The Morgan fingerprint density at radius 1 is 0.927 bits per heavy atom. The molecule has 1 aliphatic rings. The molecule has 14 heteroatoms. The second-order valence-corrected chi connectivity index (χ2v) is 11.5. The minimum absolute atomic E-state index is 0.0824. The van der Waals surface area contributed by atoms with Gasteiger partial charge in [-0.15, -0.1) is 20.4 Å². The van der Waals surface area contributed by atoms with Crippen molar-refractivity contribution in [3.63, 3.8) is 0 Å². The fourth-order valence-electron chi connectivity index (χ4n) is 4.56. The molecule has 0 aliphatic heterocycles. The van der Waals surface area contributed by atoms with Crippen LogP contribution < -0.4 is 10.6 Å². The summed E-state index contributed by atoms with van der Waals surface area (Å²) >= 11 is 2.78. The number of hydrogen-bond donors (Lipinski definition) is 2. The maximum absolute atomic E-state index is 12.5. The molecule has 0 bridgehead atoms. The van der Waals surface area contributed by atoms with Crippen LogP contribution in [0.5, 0.6) is 0 Å². The van der Waals surface area contributed by atoms with Crippen molar-refractivity contribution in [1.82, 2.24) is 30.4 Å². The molecule has 4 heterocycles. The van der Waals surface area contributed by atoms with Crippen LogP contribution >= 0.6 is 22.7 Å². The maximum Gasteiger partial charge on any atom is 0.232 e. The summed E-state index contributed by atoms with van der Waals surface area (Å²) in [5, 5.41) is 34.3. The van der Waals surface area contributed by atoms with Gasteiger partial charge in [0.25, 0.3) is 0 Å². The van der Waals surface area contributed by atoms with Gasteiger partial charge >= 0.3 is 0 Å². The van der Waals surface area contributed by atoms with E-state index in [1.807, 2.05) is 12.1 Å². The van der Waals surface area contributed by atoms with Crippen LogP contribution in [0.4, 0.5) is 10.3 Å². The Labute approximate surface area is 244 Å². The van der Waals surface area contributed by atoms with E-state index in [1.165, 1.54) is 28.9 Å². The molecule has 12 nitrogen and oxygen atoms in total. The molecule has 208 valence electrons. The van der Waals surface area contributed by atoms with Crippen molar-refractivity contribution in [3.8, 4) is 6.07 Å². The van der Waals surface area contributed by atoms with Gasteiger partial charge in [-0.05, 0) is 37.5 Å². The minimum atomic E-state index is -0.242. The molecule has 0 unspecified atom stereocenters. The van der Waals surface area contributed by atoms with Gasteiger partial charge in [-0.3, -0.25) is 24.5 Å². The molecule has 0 saturated heterocycles. The normalized spacial score (nSPS) is 16.8. The van der Waals surface area contributed by atoms with Gasteiger partial charge in [0.2, 0.25) is 22.1 Å². The van der Waals surface area contributed by atoms with Gasteiger partial charge in [-0.2, -0.15) is 5.26 Å². The monoisotopic (exact) mass is 586 g/mol. The number of carbonyl (C=O) groups is 2. The number of aromatic nitrogens is 6. The number of amides is 2. The van der Waals surface area contributed by atoms with Crippen LogP contribution in [0, 0.1) is 11.3 Å². The first-order chi connectivity index (χ1) is 20.0. The predicted molar refractivity (Wildman–Crippen MR) is 155 cm³/mol. The zero-order valence-electron chi connectivity index (χ0n) is 22.1. The number of carbonyl (C=O) groups excluding carboxylic acids is 2. The molecule has 0 spiro atoms. The first-order valence-corrected chi connectivity index (χ1v) is 14.6. The van der Waals surface area contributed by atoms with Gasteiger partial charge < -0.3 is 10.6 Å². The third-order valence-electron chi connectivity index (χ3n) is 6.51. The van der Waals surface area contributed by atoms with E-state index in [0.717, 1.165) is 41.3 Å². The lowest BCUT2D eigenvalue weighted by atomic mass is 9.82. The fourth-order valence-corrected chi connectivity index (χ4v) is 6.37. The van der Waals surface area contributed by atoms with E-state index in [9.17, 15) is 9.59 Å². The van der Waals surface area contributed by atoms with Gasteiger partial charge in [0.1, 0.15) is 16.1 Å². The van der Waals surface area contributed by atoms with Crippen molar-refractivity contribution in [2.75, 3.05) is 17.7 Å². The number of rotatable bonds is 9. The molecule has 0 aromatic carbocycles. The fraction of sp³-hybridized carbons (Fsp3) is 0.333. The zero-order valence-corrected chi connectivity index (χ0v) is 23.8. The zero-order chi connectivity index (χ0) is 28.6. The highest BCUT2D eigenvalue weighted by Crippen LogP contribution is 2.43. The Kier molecular flexibility index (Phi) is 9.07. The van der Waals surface area contributed by atoms with Gasteiger partial charge in [-0.25, -0.2) is 0 Å². The molecule has 1 fully saturated rings. The number of nitrogens with one attached hydrogen (secondary N) is 2. The number of nitrogens with zero attached hydrogens (tertiary/aromatic N) is 8. The summed E-state index contributed by atoms with van der Waals surface area (Å²) in [6, 6.07) is 8.98. The van der Waals surface area contributed by atoms with Gasteiger partial charge in [-0.1, -0.05) is 35.2 Å². The predicted octanol–water partition coefficient (Wildman–Crippen LogP) is 3.90. The Hall–Kier alpha value is -4.48. The van der Waals surface area contributed by atoms with Crippen molar-refractivity contribution < 1.29 is 9.59 Å². The number of hydrogen-bond acceptors (Lipinski definition) is 12. The van der Waals surface area contributed by atoms with Crippen LogP contribution in [0.1, 0.15) is 70.0 Å². The summed E-state index contributed by atoms with van der Waals surface area (Å²) in [4.78, 5) is 37.4. The van der Waals surface area contributed by atoms with Crippen molar-refractivity contribution in [1.29, 1.82) is 5.26 Å². The van der Waals surface area contributed by atoms with Crippen LogP contribution in [0.25, 0.3) is 0 Å². The SMILES string of the molecule is C/N=C/c1ccc(CC(=O)Nc2nnc([C@H]3CCC[C@H](c4nnc(NC(=O)Cc5ccc(C#N)cn5)s4)C3)s2)nc1. The molecule has 2 atom stereocenters. The molecule has 4 aromatic rings. The summed E-state index contributed by atoms with van der Waals surface area (Å²) in [5.41, 5.74) is 2.56. The first-order valence-electron chi connectivity index (χ1n) is 13.0. The molecule has 2 amide bonds. The minimum Gasteiger partial charge on any atom is -0.300 e. The highest BCUT2D eigenvalue weighted by Gasteiger charge is 2.29. The number of nitriles is 1. The van der Waals surface area contributed by atoms with Crippen molar-refractivity contribution >= 4 is 51.0 Å². The van der Waals surface area contributed by atoms with Crippen LogP contribution in [0.15, 0.2) is 41.7 Å². The highest BCUT2D eigenvalue weighted by atomic mass is 32.1. The second kappa shape index (κ2) is 13.2. The number of aliphatic imine (C=N–C) groups is 1. The lowest BCUT2D eigenvalue weighted by Gasteiger charge is -2.25. The van der Waals surface area contributed by atoms with E-state index >= 15 is 0 Å². The second-order valence-electron chi connectivity index (χ2n) is 9.52. The first kappa shape index (κ1) is 28.1. The molecule has 4 aromatic heterocycles. The van der Waals surface area contributed by atoms with Crippen LogP contribution in [0.2, 0.25) is 0 Å². The van der Waals surface area contributed by atoms with E-state index in [2.05, 4.69) is 46.0 Å². The Morgan fingerprint density at radius 3 is 2.00 bits per heavy atom. The van der Waals surface area contributed by atoms with Crippen molar-refractivity contribution in [3.05, 3.63) is 69.2 Å². The molecular weight excluding hydrogens is 560 g/mol. The molecular formula is C27H26N10O2S2. The number of pyridine rings is 2. The average molecular weight is 587 g/mol. The molecule has 1 saturated carbocycles. The highest BCUT2D eigenvalue weighted by molar-refractivity contribution is 7.15. The summed E-state index contributed by atoms with van der Waals surface area (Å²) in [6.45, 7) is 0. The summed E-state index contributed by atoms with van der Waals surface area (Å²) in [6.07, 6.45) is 8.87. The summed E-state index contributed by atoms with van der Waals surface area (Å²) in [5.74, 6) is -0.0350. The van der Waals surface area contributed by atoms with Gasteiger partial charge in [0.05, 0.1) is 18.4 Å². The van der Waals surface area contributed by atoms with Gasteiger partial charge in [0.15, 0.2) is 0 Å². The summed E-state index contributed by atoms with van der Waals surface area (Å²) in [7, 11) is 1.69. The summed E-state index contributed by atoms with van der Waals surface area (Å²) < 4.78 is 0. The van der Waals surface area contributed by atoms with Crippen molar-refractivity contribution in [2.24, 2.45) is 4.99 Å². The topological polar surface area (TPSA) is 172 Å². The molecule has 41 heavy (non-hydrogen) atoms. The Balaban J connectivity index is 1.13. The van der Waals surface area contributed by atoms with Crippen LogP contribution in [-0.4, -0.2) is 55.4 Å². The van der Waals surface area contributed by atoms with E-state index < -0.39 is 0 Å². The lowest BCUT2D eigenvalue weighted by Crippen LogP contribution is -2.15. The van der Waals surface area contributed by atoms with E-state index in [4.69, 9.17) is 5.26 Å². The maximum atomic E-state index is 12.5. The van der Waals surface area contributed by atoms with Crippen LogP contribution in [-0.2, 0) is 22.4 Å². The smallest absolute Gasteiger partial charge is 0.232 e. The quantitative estimate of drug-likeness (QED) is 0.276. The largest absolute Gasteiger partial charge is 0.300 e. The standard InChI is InChI=1S/C27H26N10O2S2/c1-29-13-17-6-8-21(31-15-17)11-23(39)33-27-37-35-25(41-27)19-4-2-3-18(9-19)24-34-36-26(40-24)32-22(38)10-20-7-5-16(12-28)14-30-20/h5-8,13-15,18-19H,2-4,9-11H2,1H3,(H,32,36,38)(H,33,37,39)/b29-13+/t18-,19-/m0/s1. The molecule has 0 radical (unpaired) electrons. The Morgan fingerprint density at radius 2 is 1.51 bits per heavy atom. The number of anilines is 2. The third kappa shape index (κ3) is 7.59. The van der Waals surface area contributed by atoms with E-state index in [1.54, 1.807) is 37.7 Å². The van der Waals surface area contributed by atoms with Crippen LogP contribution in [0.3, 0.4) is 0 Å². The third-order valence-corrected chi connectivity index (χ3v) is 8.51. The van der Waals surface area contributed by atoms with Gasteiger partial charge in [0, 0.05) is 54.4 Å². The Bertz CT molecular complexity index is 1570. The van der Waals surface area contributed by atoms with E-state index in [0.29, 0.717) is 27.2 Å².